The first-order valence-electron chi connectivity index (χ1n) is 6.25. The lowest BCUT2D eigenvalue weighted by Gasteiger charge is -2.08. The van der Waals surface area contributed by atoms with Crippen LogP contribution in [0, 0.1) is 0 Å². The van der Waals surface area contributed by atoms with Gasteiger partial charge in [0, 0.05) is 0 Å². The number of nitrogen functional groups attached to an aromatic ring is 2. The van der Waals surface area contributed by atoms with E-state index in [2.05, 4.69) is 29.9 Å². The molecule has 0 saturated carbocycles. The van der Waals surface area contributed by atoms with Gasteiger partial charge in [-0.25, -0.2) is 9.97 Å². The number of anilines is 2. The van der Waals surface area contributed by atoms with E-state index in [0.29, 0.717) is 0 Å². The maximum absolute atomic E-state index is 11.9. The van der Waals surface area contributed by atoms with Crippen molar-refractivity contribution in [2.45, 2.75) is 0 Å². The van der Waals surface area contributed by atoms with Crippen LogP contribution in [0.2, 0.25) is 10.6 Å². The van der Waals surface area contributed by atoms with Crippen LogP contribution >= 0.6 is 23.2 Å². The van der Waals surface area contributed by atoms with Crippen molar-refractivity contribution in [1.29, 1.82) is 0 Å². The van der Waals surface area contributed by atoms with Gasteiger partial charge in [-0.05, 0) is 23.2 Å². The van der Waals surface area contributed by atoms with E-state index in [1.807, 2.05) is 0 Å². The zero-order valence-corrected chi connectivity index (χ0v) is 12.9. The fourth-order valence-electron chi connectivity index (χ4n) is 2.25. The second kappa shape index (κ2) is 4.69. The predicted octanol–water partition coefficient (Wildman–Crippen LogP) is -0.665. The standard InChI is InChI=1S/C10H6Cl2N10O2/c11-7-15-1-3(17-9(13)19-5(1)23)21(7)22-4-2(16-8(22)12)6(24)20-10(14)18-4/h(H3,13,17,19,23)(H3,14,18,20,24). The van der Waals surface area contributed by atoms with Crippen LogP contribution in [-0.2, 0) is 0 Å². The molecule has 0 unspecified atom stereocenters. The van der Waals surface area contributed by atoms with Crippen LogP contribution in [0.15, 0.2) is 9.59 Å². The molecule has 0 aliphatic heterocycles. The molecule has 6 N–H and O–H groups in total. The van der Waals surface area contributed by atoms with Gasteiger partial charge in [0.25, 0.3) is 11.1 Å². The van der Waals surface area contributed by atoms with Gasteiger partial charge in [0.05, 0.1) is 0 Å². The average molecular weight is 369 g/mol. The van der Waals surface area contributed by atoms with Gasteiger partial charge in [-0.1, -0.05) is 0 Å². The molecule has 0 spiro atoms. The summed E-state index contributed by atoms with van der Waals surface area (Å²) in [6.07, 6.45) is 0. The summed E-state index contributed by atoms with van der Waals surface area (Å²) in [6, 6.07) is 0. The smallest absolute Gasteiger partial charge is 0.280 e. The Morgan fingerprint density at radius 2 is 1.12 bits per heavy atom. The number of hydrogen-bond donors (Lipinski definition) is 4. The molecule has 0 aromatic carbocycles. The Morgan fingerprint density at radius 1 is 0.750 bits per heavy atom. The zero-order valence-electron chi connectivity index (χ0n) is 11.4. The van der Waals surface area contributed by atoms with Crippen LogP contribution in [-0.4, -0.2) is 39.3 Å². The highest BCUT2D eigenvalue weighted by atomic mass is 35.5. The monoisotopic (exact) mass is 368 g/mol. The molecule has 0 atom stereocenters. The Kier molecular flexibility index (Phi) is 2.83. The quantitative estimate of drug-likeness (QED) is 0.319. The van der Waals surface area contributed by atoms with Crippen LogP contribution in [0.1, 0.15) is 0 Å². The van der Waals surface area contributed by atoms with E-state index in [0.717, 1.165) is 9.35 Å². The molecule has 0 saturated heterocycles. The first-order valence-corrected chi connectivity index (χ1v) is 7.00. The number of nitrogens with two attached hydrogens (primary N) is 2. The van der Waals surface area contributed by atoms with Crippen LogP contribution in [0.5, 0.6) is 0 Å². The first-order chi connectivity index (χ1) is 11.4. The highest BCUT2D eigenvalue weighted by Crippen LogP contribution is 2.23. The zero-order chi connectivity index (χ0) is 17.2. The van der Waals surface area contributed by atoms with E-state index >= 15 is 0 Å². The molecule has 0 aliphatic rings. The minimum atomic E-state index is -0.594. The van der Waals surface area contributed by atoms with Crippen LogP contribution in [0.4, 0.5) is 11.9 Å². The lowest BCUT2D eigenvalue weighted by Crippen LogP contribution is -2.17. The Bertz CT molecular complexity index is 1150. The number of imidazole rings is 2. The Morgan fingerprint density at radius 3 is 1.50 bits per heavy atom. The van der Waals surface area contributed by atoms with Crippen molar-refractivity contribution in [1.82, 2.24) is 39.3 Å². The van der Waals surface area contributed by atoms with Crippen LogP contribution in [0.3, 0.4) is 0 Å². The third-order valence-electron chi connectivity index (χ3n) is 3.15. The number of aromatic amines is 2. The lowest BCUT2D eigenvalue weighted by atomic mass is 10.5. The van der Waals surface area contributed by atoms with Gasteiger partial charge < -0.3 is 11.5 Å². The molecule has 12 nitrogen and oxygen atoms in total. The second-order valence-corrected chi connectivity index (χ2v) is 5.31. The van der Waals surface area contributed by atoms with Crippen molar-refractivity contribution in [3.8, 4) is 0 Å². The molecule has 0 radical (unpaired) electrons. The molecule has 4 rings (SSSR count). The highest BCUT2D eigenvalue weighted by molar-refractivity contribution is 6.30. The Hall–Kier alpha value is -3.12. The molecular formula is C10H6Cl2N10O2. The fourth-order valence-corrected chi connectivity index (χ4v) is 2.73. The third kappa shape index (κ3) is 1.87. The van der Waals surface area contributed by atoms with Crippen LogP contribution < -0.4 is 22.6 Å². The van der Waals surface area contributed by atoms with Crippen molar-refractivity contribution in [2.24, 2.45) is 0 Å². The number of halogens is 2. The fraction of sp³-hybridized carbons (Fsp3) is 0. The predicted molar refractivity (Wildman–Crippen MR) is 85.9 cm³/mol. The largest absolute Gasteiger partial charge is 0.369 e. The minimum Gasteiger partial charge on any atom is -0.369 e. The maximum atomic E-state index is 11.9. The maximum Gasteiger partial charge on any atom is 0.280 e. The molecule has 14 heteroatoms. The topological polar surface area (TPSA) is 179 Å². The van der Waals surface area contributed by atoms with Crippen molar-refractivity contribution in [3.63, 3.8) is 0 Å². The molecule has 0 aliphatic carbocycles. The molecule has 122 valence electrons. The SMILES string of the molecule is Nc1nc2c(nc(Cl)n2-n2c(Cl)nc3c(=O)[nH]c(N)nc32)c(=O)[nH]1. The van der Waals surface area contributed by atoms with E-state index < -0.39 is 11.1 Å². The van der Waals surface area contributed by atoms with E-state index in [1.54, 1.807) is 0 Å². The molecule has 0 bridgehead atoms. The summed E-state index contributed by atoms with van der Waals surface area (Å²) in [7, 11) is 0. The summed E-state index contributed by atoms with van der Waals surface area (Å²) in [5, 5.41) is -0.342. The molecule has 0 fully saturated rings. The van der Waals surface area contributed by atoms with Gasteiger partial charge >= 0.3 is 0 Å². The van der Waals surface area contributed by atoms with Gasteiger partial charge in [0.1, 0.15) is 0 Å². The number of hydrogen-bond acceptors (Lipinski definition) is 8. The number of H-pyrrole nitrogens is 2. The van der Waals surface area contributed by atoms with Crippen molar-refractivity contribution >= 4 is 57.4 Å². The minimum absolute atomic E-state index is 0.00287. The van der Waals surface area contributed by atoms with E-state index in [-0.39, 0.29) is 44.8 Å². The summed E-state index contributed by atoms with van der Waals surface area (Å²) >= 11 is 12.2. The molecular weight excluding hydrogens is 363 g/mol. The number of nitrogens with zero attached hydrogens (tertiary/aromatic N) is 6. The van der Waals surface area contributed by atoms with Crippen molar-refractivity contribution < 1.29 is 0 Å². The summed E-state index contributed by atoms with van der Waals surface area (Å²) in [5.41, 5.74) is 9.77. The number of aromatic nitrogens is 8. The molecule has 4 aromatic heterocycles. The summed E-state index contributed by atoms with van der Waals surface area (Å²) in [6.45, 7) is 0. The average Bonchev–Trinajstić information content (AvgIpc) is 2.96. The summed E-state index contributed by atoms with van der Waals surface area (Å²) in [5.74, 6) is -0.313. The van der Waals surface area contributed by atoms with Crippen molar-refractivity contribution in [3.05, 3.63) is 31.3 Å². The molecule has 4 heterocycles. The lowest BCUT2D eigenvalue weighted by molar-refractivity contribution is 0.690. The van der Waals surface area contributed by atoms with E-state index in [1.165, 1.54) is 0 Å². The molecule has 24 heavy (non-hydrogen) atoms. The van der Waals surface area contributed by atoms with Gasteiger partial charge in [-0.3, -0.25) is 19.6 Å². The number of nitrogens with one attached hydrogen (secondary N) is 2. The third-order valence-corrected chi connectivity index (χ3v) is 3.64. The summed E-state index contributed by atoms with van der Waals surface area (Å²) < 4.78 is 2.29. The van der Waals surface area contributed by atoms with Gasteiger partial charge in [-0.15, -0.1) is 0 Å². The highest BCUT2D eigenvalue weighted by Gasteiger charge is 2.22. The summed E-state index contributed by atoms with van der Waals surface area (Å²) in [4.78, 5) is 44.3. The van der Waals surface area contributed by atoms with Gasteiger partial charge in [-0.2, -0.15) is 19.3 Å². The molecule has 4 aromatic rings. The van der Waals surface area contributed by atoms with Gasteiger partial charge in [0.15, 0.2) is 22.3 Å². The number of rotatable bonds is 1. The Labute approximate surface area is 140 Å². The normalized spacial score (nSPS) is 11.6. The van der Waals surface area contributed by atoms with E-state index in [9.17, 15) is 9.59 Å². The first kappa shape index (κ1) is 14.5. The second-order valence-electron chi connectivity index (χ2n) is 4.63. The van der Waals surface area contributed by atoms with E-state index in [4.69, 9.17) is 34.7 Å². The van der Waals surface area contributed by atoms with Gasteiger partial charge in [0.2, 0.25) is 22.5 Å². The number of fused-ring (bicyclic) bond motifs is 2. The molecule has 0 amide bonds. The van der Waals surface area contributed by atoms with Crippen molar-refractivity contribution in [2.75, 3.05) is 11.5 Å². The Balaban J connectivity index is 2.22. The van der Waals surface area contributed by atoms with Crippen LogP contribution in [0.25, 0.3) is 22.3 Å².